The predicted molar refractivity (Wildman–Crippen MR) is 114 cm³/mol. The van der Waals surface area contributed by atoms with Gasteiger partial charge in [-0.15, -0.1) is 0 Å². The Kier molecular flexibility index (Phi) is 5.37. The topological polar surface area (TPSA) is 69.4 Å². The Morgan fingerprint density at radius 3 is 2.67 bits per heavy atom. The second-order valence-corrected chi connectivity index (χ2v) is 8.09. The van der Waals surface area contributed by atoms with E-state index in [1.54, 1.807) is 0 Å². The molecule has 1 fully saturated rings. The number of rotatable bonds is 7. The molecular weight excluding hydrogens is 380 g/mol. The van der Waals surface area contributed by atoms with Crippen molar-refractivity contribution < 1.29 is 14.3 Å². The molecule has 1 aromatic carbocycles. The van der Waals surface area contributed by atoms with Crippen LogP contribution >= 0.6 is 0 Å². The number of hydrogen-bond donors (Lipinski definition) is 0. The normalized spacial score (nSPS) is 17.9. The molecule has 0 radical (unpaired) electrons. The van der Waals surface area contributed by atoms with Crippen molar-refractivity contribution in [3.63, 3.8) is 0 Å². The quantitative estimate of drug-likeness (QED) is 0.564. The zero-order chi connectivity index (χ0) is 21.4. The summed E-state index contributed by atoms with van der Waals surface area (Å²) < 4.78 is 8.90. The van der Waals surface area contributed by atoms with E-state index >= 15 is 0 Å². The van der Waals surface area contributed by atoms with Crippen LogP contribution in [0.2, 0.25) is 0 Å². The summed E-state index contributed by atoms with van der Waals surface area (Å²) in [5, 5.41) is 5.56. The molecule has 2 heterocycles. The Hall–Kier alpha value is -3.09. The molecule has 158 valence electrons. The highest BCUT2D eigenvalue weighted by Crippen LogP contribution is 2.40. The molecule has 2 aromatic heterocycles. The van der Waals surface area contributed by atoms with Gasteiger partial charge in [0, 0.05) is 37.2 Å². The van der Waals surface area contributed by atoms with Gasteiger partial charge in [0.15, 0.2) is 0 Å². The van der Waals surface area contributed by atoms with Crippen molar-refractivity contribution in [2.45, 2.75) is 26.8 Å². The number of aromatic nitrogens is 3. The summed E-state index contributed by atoms with van der Waals surface area (Å²) in [6.07, 6.45) is 0.763. The van der Waals surface area contributed by atoms with Gasteiger partial charge in [0.1, 0.15) is 5.69 Å². The second-order valence-electron chi connectivity index (χ2n) is 8.09. The van der Waals surface area contributed by atoms with Crippen LogP contribution in [0.4, 0.5) is 0 Å². The first kappa shape index (κ1) is 20.2. The first-order valence-corrected chi connectivity index (χ1v) is 10.4. The van der Waals surface area contributed by atoms with Crippen LogP contribution in [0.15, 0.2) is 36.4 Å². The number of amides is 1. The number of hydrogen-bond acceptors (Lipinski definition) is 4. The lowest BCUT2D eigenvalue weighted by molar-refractivity contribution is -0.145. The third-order valence-corrected chi connectivity index (χ3v) is 5.94. The number of nitrogens with zero attached hydrogens (tertiary/aromatic N) is 4. The average Bonchev–Trinajstić information content (AvgIpc) is 3.32. The first-order chi connectivity index (χ1) is 14.4. The van der Waals surface area contributed by atoms with Gasteiger partial charge in [0.25, 0.3) is 5.91 Å². The highest BCUT2D eigenvalue weighted by atomic mass is 16.5. The van der Waals surface area contributed by atoms with E-state index in [1.807, 2.05) is 78.5 Å². The molecule has 4 rings (SSSR count). The van der Waals surface area contributed by atoms with Gasteiger partial charge in [-0.3, -0.25) is 14.3 Å². The molecule has 0 N–H and O–H groups in total. The van der Waals surface area contributed by atoms with Crippen LogP contribution in [0.3, 0.4) is 0 Å². The number of para-hydroxylation sites is 1. The number of fused-ring (bicyclic) bond motifs is 1. The van der Waals surface area contributed by atoms with E-state index in [4.69, 9.17) is 4.74 Å². The Labute approximate surface area is 176 Å². The van der Waals surface area contributed by atoms with E-state index < -0.39 is 0 Å². The number of aryl methyl sites for hydroxylation is 3. The lowest BCUT2D eigenvalue weighted by Gasteiger charge is -2.22. The van der Waals surface area contributed by atoms with Gasteiger partial charge >= 0.3 is 5.97 Å². The Bertz CT molecular complexity index is 1080. The Morgan fingerprint density at radius 2 is 2.00 bits per heavy atom. The average molecular weight is 409 g/mol. The van der Waals surface area contributed by atoms with Crippen molar-refractivity contribution in [2.75, 3.05) is 13.2 Å². The molecule has 0 aliphatic heterocycles. The summed E-state index contributed by atoms with van der Waals surface area (Å²) in [6, 6.07) is 11.9. The first-order valence-electron chi connectivity index (χ1n) is 10.4. The van der Waals surface area contributed by atoms with E-state index in [9.17, 15) is 9.59 Å². The van der Waals surface area contributed by atoms with E-state index in [0.29, 0.717) is 25.4 Å². The van der Waals surface area contributed by atoms with Crippen molar-refractivity contribution in [1.82, 2.24) is 19.2 Å². The molecule has 1 aliphatic carbocycles. The van der Waals surface area contributed by atoms with Crippen molar-refractivity contribution in [3.05, 3.63) is 53.5 Å². The van der Waals surface area contributed by atoms with Crippen molar-refractivity contribution in [2.24, 2.45) is 25.9 Å². The van der Waals surface area contributed by atoms with E-state index in [1.165, 1.54) is 0 Å². The molecule has 1 saturated carbocycles. The van der Waals surface area contributed by atoms with Gasteiger partial charge < -0.3 is 14.2 Å². The minimum Gasteiger partial charge on any atom is -0.466 e. The van der Waals surface area contributed by atoms with Gasteiger partial charge in [0.05, 0.1) is 24.8 Å². The van der Waals surface area contributed by atoms with Crippen LogP contribution < -0.4 is 0 Å². The lowest BCUT2D eigenvalue weighted by atomic mass is 10.2. The third-order valence-electron chi connectivity index (χ3n) is 5.94. The molecule has 2 atom stereocenters. The second kappa shape index (κ2) is 7.97. The molecule has 3 aromatic rings. The maximum atomic E-state index is 13.6. The minimum atomic E-state index is -0.159. The summed E-state index contributed by atoms with van der Waals surface area (Å²) in [4.78, 5) is 27.4. The minimum absolute atomic E-state index is 0.0495. The van der Waals surface area contributed by atoms with Gasteiger partial charge in [-0.2, -0.15) is 5.10 Å². The van der Waals surface area contributed by atoms with Crippen molar-refractivity contribution in [1.29, 1.82) is 0 Å². The fourth-order valence-corrected chi connectivity index (χ4v) is 4.05. The zero-order valence-corrected chi connectivity index (χ0v) is 18.0. The van der Waals surface area contributed by atoms with Gasteiger partial charge in [-0.25, -0.2) is 0 Å². The predicted octanol–water partition coefficient (Wildman–Crippen LogP) is 3.06. The monoisotopic (exact) mass is 408 g/mol. The molecule has 1 amide bonds. The fraction of sp³-hybridized carbons (Fsp3) is 0.435. The maximum absolute atomic E-state index is 13.6. The maximum Gasteiger partial charge on any atom is 0.309 e. The highest BCUT2D eigenvalue weighted by molar-refractivity contribution is 5.98. The van der Waals surface area contributed by atoms with E-state index in [2.05, 4.69) is 5.10 Å². The lowest BCUT2D eigenvalue weighted by Crippen LogP contribution is -2.34. The summed E-state index contributed by atoms with van der Waals surface area (Å²) in [5.41, 5.74) is 3.54. The number of ether oxygens (including phenoxy) is 1. The van der Waals surface area contributed by atoms with Crippen LogP contribution in [-0.2, 0) is 30.2 Å². The van der Waals surface area contributed by atoms with Crippen molar-refractivity contribution >= 4 is 22.8 Å². The van der Waals surface area contributed by atoms with E-state index in [-0.39, 0.29) is 23.7 Å². The summed E-state index contributed by atoms with van der Waals surface area (Å²) >= 11 is 0. The Morgan fingerprint density at radius 1 is 1.23 bits per heavy atom. The molecule has 0 spiro atoms. The van der Waals surface area contributed by atoms with Crippen LogP contribution in [0.5, 0.6) is 0 Å². The Balaban J connectivity index is 1.59. The SMILES string of the molecule is CCOC(=O)[C@@H]1C[C@@H]1CN(Cc1cc(C)n(C)n1)C(=O)c1cc2ccccc2n1C. The third kappa shape index (κ3) is 3.84. The van der Waals surface area contributed by atoms with Crippen LogP contribution in [0.1, 0.15) is 35.2 Å². The van der Waals surface area contributed by atoms with Crippen LogP contribution in [-0.4, -0.2) is 44.3 Å². The van der Waals surface area contributed by atoms with E-state index in [0.717, 1.165) is 28.7 Å². The number of esters is 1. The zero-order valence-electron chi connectivity index (χ0n) is 18.0. The molecule has 1 aliphatic rings. The molecule has 7 nitrogen and oxygen atoms in total. The summed E-state index contributed by atoms with van der Waals surface area (Å²) in [5.74, 6) is -0.189. The largest absolute Gasteiger partial charge is 0.466 e. The number of carbonyl (C=O) groups excluding carboxylic acids is 2. The number of benzene rings is 1. The summed E-state index contributed by atoms with van der Waals surface area (Å²) in [6.45, 7) is 5.11. The fourth-order valence-electron chi connectivity index (χ4n) is 4.05. The van der Waals surface area contributed by atoms with Crippen LogP contribution in [0.25, 0.3) is 10.9 Å². The van der Waals surface area contributed by atoms with Gasteiger partial charge in [-0.1, -0.05) is 18.2 Å². The van der Waals surface area contributed by atoms with Crippen molar-refractivity contribution in [3.8, 4) is 0 Å². The van der Waals surface area contributed by atoms with Crippen LogP contribution in [0, 0.1) is 18.8 Å². The molecular formula is C23H28N4O3. The van der Waals surface area contributed by atoms with Gasteiger partial charge in [0.2, 0.25) is 0 Å². The molecule has 0 unspecified atom stereocenters. The standard InChI is InChI=1S/C23H28N4O3/c1-5-30-23(29)19-11-17(19)13-27(14-18-10-15(2)26(4)24-18)22(28)21-12-16-8-6-7-9-20(16)25(21)3/h6-10,12,17,19H,5,11,13-14H2,1-4H3/t17-,19-/m1/s1. The summed E-state index contributed by atoms with van der Waals surface area (Å²) in [7, 11) is 3.81. The molecule has 0 bridgehead atoms. The molecule has 7 heteroatoms. The molecule has 30 heavy (non-hydrogen) atoms. The highest BCUT2D eigenvalue weighted by Gasteiger charge is 2.45. The van der Waals surface area contributed by atoms with Gasteiger partial charge in [-0.05, 0) is 44.4 Å². The smallest absolute Gasteiger partial charge is 0.309 e. The number of carbonyl (C=O) groups is 2. The molecule has 0 saturated heterocycles.